The lowest BCUT2D eigenvalue weighted by atomic mass is 10.4. The van der Waals surface area contributed by atoms with Gasteiger partial charge in [-0.05, 0) is 13.8 Å². The van der Waals surface area contributed by atoms with E-state index < -0.39 is 28.2 Å². The molecule has 0 aromatic rings. The second-order valence-electron chi connectivity index (χ2n) is 3.74. The highest BCUT2D eigenvalue weighted by Gasteiger charge is 2.25. The van der Waals surface area contributed by atoms with E-state index in [9.17, 15) is 18.0 Å². The fourth-order valence-corrected chi connectivity index (χ4v) is 2.15. The van der Waals surface area contributed by atoms with E-state index in [0.29, 0.717) is 0 Å². The van der Waals surface area contributed by atoms with Crippen molar-refractivity contribution in [1.82, 2.24) is 9.03 Å². The summed E-state index contributed by atoms with van der Waals surface area (Å²) in [7, 11) is -1.34. The van der Waals surface area contributed by atoms with Gasteiger partial charge in [-0.2, -0.15) is 17.4 Å². The molecular formula is C10H20N2O6S. The number of methoxy groups -OCH3 is 1. The minimum atomic E-state index is -3.85. The van der Waals surface area contributed by atoms with Gasteiger partial charge in [0.05, 0.1) is 20.1 Å². The molecule has 0 rings (SSSR count). The van der Waals surface area contributed by atoms with Gasteiger partial charge in [0, 0.05) is 13.6 Å². The molecule has 0 aromatic heterocycles. The van der Waals surface area contributed by atoms with Crippen molar-refractivity contribution in [3.63, 3.8) is 0 Å². The molecule has 0 saturated heterocycles. The van der Waals surface area contributed by atoms with Crippen molar-refractivity contribution in [2.75, 3.05) is 27.3 Å². The largest absolute Gasteiger partial charge is 0.469 e. The summed E-state index contributed by atoms with van der Waals surface area (Å²) in [4.78, 5) is 22.2. The first-order chi connectivity index (χ1) is 8.74. The molecule has 0 saturated carbocycles. The normalized spacial score (nSPS) is 13.1. The molecule has 0 bridgehead atoms. The summed E-state index contributed by atoms with van der Waals surface area (Å²) >= 11 is 0. The van der Waals surface area contributed by atoms with Crippen LogP contribution in [0.3, 0.4) is 0 Å². The zero-order chi connectivity index (χ0) is 15.1. The van der Waals surface area contributed by atoms with Gasteiger partial charge in [0.15, 0.2) is 0 Å². The van der Waals surface area contributed by atoms with Crippen LogP contribution in [0.2, 0.25) is 0 Å². The Labute approximate surface area is 113 Å². The Morgan fingerprint density at radius 3 is 2.42 bits per heavy atom. The standard InChI is InChI=1S/C10H20N2O6S/c1-5-18-10(14)8(2)11-19(15,16)12(3)7-6-9(13)17-4/h8,11H,5-7H2,1-4H3. The Morgan fingerprint density at radius 2 is 1.95 bits per heavy atom. The molecule has 1 N–H and O–H groups in total. The number of carbonyl (C=O) groups is 2. The third-order valence-electron chi connectivity index (χ3n) is 2.23. The van der Waals surface area contributed by atoms with Crippen LogP contribution < -0.4 is 4.72 Å². The lowest BCUT2D eigenvalue weighted by molar-refractivity contribution is -0.144. The van der Waals surface area contributed by atoms with Crippen molar-refractivity contribution in [2.45, 2.75) is 26.3 Å². The molecule has 0 aromatic carbocycles. The molecule has 9 heteroatoms. The number of esters is 2. The highest BCUT2D eigenvalue weighted by atomic mass is 32.2. The average Bonchev–Trinajstić information content (AvgIpc) is 2.34. The molecule has 0 aliphatic rings. The van der Waals surface area contributed by atoms with Gasteiger partial charge in [-0.1, -0.05) is 0 Å². The molecular weight excluding hydrogens is 276 g/mol. The molecule has 8 nitrogen and oxygen atoms in total. The van der Waals surface area contributed by atoms with Crippen LogP contribution in [0.4, 0.5) is 0 Å². The molecule has 19 heavy (non-hydrogen) atoms. The van der Waals surface area contributed by atoms with E-state index in [4.69, 9.17) is 0 Å². The molecule has 0 aliphatic heterocycles. The number of nitrogens with one attached hydrogen (secondary N) is 1. The summed E-state index contributed by atoms with van der Waals surface area (Å²) in [5.74, 6) is -1.17. The quantitative estimate of drug-likeness (QED) is 0.592. The predicted octanol–water partition coefficient (Wildman–Crippen LogP) is -0.733. The van der Waals surface area contributed by atoms with Crippen molar-refractivity contribution in [1.29, 1.82) is 0 Å². The number of rotatable bonds is 8. The van der Waals surface area contributed by atoms with E-state index in [1.807, 2.05) is 0 Å². The number of ether oxygens (including phenoxy) is 2. The fourth-order valence-electron chi connectivity index (χ4n) is 1.10. The Kier molecular flexibility index (Phi) is 7.57. The second-order valence-corrected chi connectivity index (χ2v) is 5.55. The highest BCUT2D eigenvalue weighted by Crippen LogP contribution is 2.00. The number of hydrogen-bond donors (Lipinski definition) is 1. The average molecular weight is 296 g/mol. The van der Waals surface area contributed by atoms with E-state index in [-0.39, 0.29) is 19.6 Å². The fraction of sp³-hybridized carbons (Fsp3) is 0.800. The summed E-state index contributed by atoms with van der Waals surface area (Å²) < 4.78 is 35.8. The minimum Gasteiger partial charge on any atom is -0.469 e. The van der Waals surface area contributed by atoms with E-state index in [1.165, 1.54) is 21.1 Å². The van der Waals surface area contributed by atoms with Crippen molar-refractivity contribution in [2.24, 2.45) is 0 Å². The van der Waals surface area contributed by atoms with Crippen molar-refractivity contribution in [3.05, 3.63) is 0 Å². The van der Waals surface area contributed by atoms with Crippen LogP contribution >= 0.6 is 0 Å². The zero-order valence-corrected chi connectivity index (χ0v) is 12.3. The number of hydrogen-bond acceptors (Lipinski definition) is 6. The molecule has 0 fully saturated rings. The Balaban J connectivity index is 4.45. The smallest absolute Gasteiger partial charge is 0.323 e. The van der Waals surface area contributed by atoms with Crippen molar-refractivity contribution < 1.29 is 27.5 Å². The molecule has 0 spiro atoms. The number of nitrogens with zero attached hydrogens (tertiary/aromatic N) is 1. The molecule has 0 radical (unpaired) electrons. The highest BCUT2D eigenvalue weighted by molar-refractivity contribution is 7.87. The second kappa shape index (κ2) is 8.08. The molecule has 0 amide bonds. The van der Waals surface area contributed by atoms with Gasteiger partial charge in [0.25, 0.3) is 10.2 Å². The summed E-state index contributed by atoms with van der Waals surface area (Å²) in [6.07, 6.45) is -0.0678. The van der Waals surface area contributed by atoms with Crippen LogP contribution in [-0.4, -0.2) is 58.0 Å². The minimum absolute atomic E-state index is 0.0441. The van der Waals surface area contributed by atoms with Crippen LogP contribution in [0, 0.1) is 0 Å². The lowest BCUT2D eigenvalue weighted by Gasteiger charge is -2.19. The van der Waals surface area contributed by atoms with Crippen LogP contribution in [0.15, 0.2) is 0 Å². The topological polar surface area (TPSA) is 102 Å². The maximum atomic E-state index is 11.8. The van der Waals surface area contributed by atoms with Crippen molar-refractivity contribution >= 4 is 22.1 Å². The van der Waals surface area contributed by atoms with E-state index in [0.717, 1.165) is 4.31 Å². The van der Waals surface area contributed by atoms with E-state index in [2.05, 4.69) is 14.2 Å². The zero-order valence-electron chi connectivity index (χ0n) is 11.5. The van der Waals surface area contributed by atoms with E-state index in [1.54, 1.807) is 6.92 Å². The summed E-state index contributed by atoms with van der Waals surface area (Å²) in [6, 6.07) is -0.995. The third kappa shape index (κ3) is 6.50. The van der Waals surface area contributed by atoms with Gasteiger partial charge in [-0.3, -0.25) is 9.59 Å². The first kappa shape index (κ1) is 17.8. The summed E-state index contributed by atoms with van der Waals surface area (Å²) in [5, 5.41) is 0. The van der Waals surface area contributed by atoms with Crippen LogP contribution in [0.5, 0.6) is 0 Å². The van der Waals surface area contributed by atoms with Gasteiger partial charge in [0.1, 0.15) is 6.04 Å². The Bertz CT molecular complexity index is 408. The van der Waals surface area contributed by atoms with Crippen LogP contribution in [0.25, 0.3) is 0 Å². The molecule has 1 atom stereocenters. The van der Waals surface area contributed by atoms with Crippen molar-refractivity contribution in [3.8, 4) is 0 Å². The first-order valence-corrected chi connectivity index (χ1v) is 7.15. The number of carbonyl (C=O) groups excluding carboxylic acids is 2. The lowest BCUT2D eigenvalue weighted by Crippen LogP contribution is -2.46. The third-order valence-corrected chi connectivity index (χ3v) is 3.89. The maximum Gasteiger partial charge on any atom is 0.323 e. The monoisotopic (exact) mass is 296 g/mol. The molecule has 0 heterocycles. The van der Waals surface area contributed by atoms with Gasteiger partial charge < -0.3 is 9.47 Å². The van der Waals surface area contributed by atoms with Gasteiger partial charge in [-0.25, -0.2) is 0 Å². The summed E-state index contributed by atoms with van der Waals surface area (Å²) in [5.41, 5.74) is 0. The van der Waals surface area contributed by atoms with Gasteiger partial charge in [-0.15, -0.1) is 0 Å². The Hall–Kier alpha value is -1.19. The van der Waals surface area contributed by atoms with E-state index >= 15 is 0 Å². The van der Waals surface area contributed by atoms with Gasteiger partial charge >= 0.3 is 11.9 Å². The van der Waals surface area contributed by atoms with Gasteiger partial charge in [0.2, 0.25) is 0 Å². The van der Waals surface area contributed by atoms with Crippen LogP contribution in [-0.2, 0) is 29.3 Å². The first-order valence-electron chi connectivity index (χ1n) is 5.71. The SMILES string of the molecule is CCOC(=O)C(C)NS(=O)(=O)N(C)CCC(=O)OC. The summed E-state index contributed by atoms with van der Waals surface area (Å²) in [6.45, 7) is 3.13. The Morgan fingerprint density at radius 1 is 1.37 bits per heavy atom. The predicted molar refractivity (Wildman–Crippen MR) is 67.4 cm³/mol. The molecule has 1 unspecified atom stereocenters. The maximum absolute atomic E-state index is 11.8. The molecule has 112 valence electrons. The van der Waals surface area contributed by atoms with Crippen LogP contribution in [0.1, 0.15) is 20.3 Å². The molecule has 0 aliphatic carbocycles.